The van der Waals surface area contributed by atoms with Gasteiger partial charge in [0, 0.05) is 20.6 Å². The van der Waals surface area contributed by atoms with Crippen LogP contribution in [-0.4, -0.2) is 11.8 Å². The van der Waals surface area contributed by atoms with Crippen LogP contribution in [0.2, 0.25) is 10.0 Å². The van der Waals surface area contributed by atoms with E-state index in [-0.39, 0.29) is 5.70 Å². The summed E-state index contributed by atoms with van der Waals surface area (Å²) in [6, 6.07) is 19.9. The van der Waals surface area contributed by atoms with E-state index in [0.717, 1.165) is 26.6 Å². The molecule has 4 nitrogen and oxygen atoms in total. The first-order chi connectivity index (χ1) is 14.8. The smallest absolute Gasteiger partial charge is 0.283 e. The molecule has 3 aromatic rings. The van der Waals surface area contributed by atoms with Crippen LogP contribution in [0.25, 0.3) is 0 Å². The molecule has 1 N–H and O–H groups in total. The van der Waals surface area contributed by atoms with Gasteiger partial charge in [0.2, 0.25) is 0 Å². The number of carbonyl (C=O) groups is 2. The van der Waals surface area contributed by atoms with Gasteiger partial charge < -0.3 is 5.32 Å². The molecule has 3 aromatic carbocycles. The molecule has 4 rings (SSSR count). The summed E-state index contributed by atoms with van der Waals surface area (Å²) in [6.07, 6.45) is 0. The predicted molar refractivity (Wildman–Crippen MR) is 128 cm³/mol. The maximum atomic E-state index is 13.4. The van der Waals surface area contributed by atoms with E-state index in [2.05, 4.69) is 5.32 Å². The fourth-order valence-corrected chi connectivity index (χ4v) is 4.30. The van der Waals surface area contributed by atoms with Crippen molar-refractivity contribution in [2.75, 3.05) is 10.2 Å². The summed E-state index contributed by atoms with van der Waals surface area (Å²) in [5.41, 5.74) is 3.34. The van der Waals surface area contributed by atoms with Crippen molar-refractivity contribution in [2.24, 2.45) is 0 Å². The Hall–Kier alpha value is -2.73. The van der Waals surface area contributed by atoms with Crippen molar-refractivity contribution in [2.45, 2.75) is 18.7 Å². The molecule has 1 heterocycles. The minimum Gasteiger partial charge on any atom is -0.350 e. The van der Waals surface area contributed by atoms with Crippen molar-refractivity contribution in [1.82, 2.24) is 0 Å². The average Bonchev–Trinajstić information content (AvgIpc) is 2.97. The summed E-state index contributed by atoms with van der Waals surface area (Å²) >= 11 is 13.5. The van der Waals surface area contributed by atoms with E-state index in [4.69, 9.17) is 23.2 Å². The van der Waals surface area contributed by atoms with Gasteiger partial charge in [0.25, 0.3) is 11.8 Å². The van der Waals surface area contributed by atoms with Gasteiger partial charge in [-0.1, -0.05) is 58.7 Å². The average molecular weight is 469 g/mol. The first-order valence-electron chi connectivity index (χ1n) is 9.50. The molecular formula is C24H18Cl2N2O2S. The molecule has 0 unspecified atom stereocenters. The van der Waals surface area contributed by atoms with E-state index in [0.29, 0.717) is 20.6 Å². The number of hydrogen-bond donors (Lipinski definition) is 1. The molecule has 1 aliphatic rings. The first kappa shape index (κ1) is 21.5. The van der Waals surface area contributed by atoms with Crippen LogP contribution in [0.15, 0.2) is 82.2 Å². The monoisotopic (exact) mass is 468 g/mol. The van der Waals surface area contributed by atoms with Crippen molar-refractivity contribution in [3.63, 3.8) is 0 Å². The van der Waals surface area contributed by atoms with Crippen molar-refractivity contribution in [1.29, 1.82) is 0 Å². The Morgan fingerprint density at radius 2 is 1.52 bits per heavy atom. The Kier molecular flexibility index (Phi) is 6.10. The van der Waals surface area contributed by atoms with Crippen LogP contribution in [0, 0.1) is 13.8 Å². The third kappa shape index (κ3) is 4.49. The van der Waals surface area contributed by atoms with Crippen molar-refractivity contribution in [3.05, 3.63) is 98.5 Å². The highest BCUT2D eigenvalue weighted by Crippen LogP contribution is 2.38. The third-order valence-electron chi connectivity index (χ3n) is 4.81. The Bertz CT molecular complexity index is 1140. The van der Waals surface area contributed by atoms with Gasteiger partial charge in [-0.3, -0.25) is 9.59 Å². The van der Waals surface area contributed by atoms with Gasteiger partial charge in [0.15, 0.2) is 0 Å². The number of thioether (sulfide) groups is 1. The predicted octanol–water partition coefficient (Wildman–Crippen LogP) is 6.60. The second-order valence-electron chi connectivity index (χ2n) is 7.13. The van der Waals surface area contributed by atoms with E-state index in [1.165, 1.54) is 11.8 Å². The number of aryl methyl sites for hydroxylation is 2. The fraction of sp³-hybridized carbons (Fsp3) is 0.0833. The second kappa shape index (κ2) is 8.79. The Morgan fingerprint density at radius 3 is 2.16 bits per heavy atom. The summed E-state index contributed by atoms with van der Waals surface area (Å²) in [5.74, 6) is -0.832. The minimum atomic E-state index is -0.429. The topological polar surface area (TPSA) is 49.4 Å². The number of anilines is 2. The molecule has 0 saturated carbocycles. The third-order valence-corrected chi connectivity index (χ3v) is 6.56. The number of nitrogens with one attached hydrogen (secondary N) is 1. The zero-order valence-corrected chi connectivity index (χ0v) is 19.1. The first-order valence-corrected chi connectivity index (χ1v) is 11.1. The molecule has 0 aliphatic carbocycles. The largest absolute Gasteiger partial charge is 0.350 e. The van der Waals surface area contributed by atoms with E-state index >= 15 is 0 Å². The number of hydrogen-bond acceptors (Lipinski definition) is 4. The van der Waals surface area contributed by atoms with Crippen LogP contribution in [0.3, 0.4) is 0 Å². The van der Waals surface area contributed by atoms with Crippen molar-refractivity contribution < 1.29 is 9.59 Å². The van der Waals surface area contributed by atoms with Gasteiger partial charge >= 0.3 is 0 Å². The molecule has 0 radical (unpaired) electrons. The van der Waals surface area contributed by atoms with Crippen LogP contribution < -0.4 is 10.2 Å². The van der Waals surface area contributed by atoms with E-state index in [1.807, 2.05) is 50.2 Å². The van der Waals surface area contributed by atoms with E-state index < -0.39 is 11.8 Å². The Balaban J connectivity index is 1.74. The molecule has 0 aromatic heterocycles. The highest BCUT2D eigenvalue weighted by Gasteiger charge is 2.40. The summed E-state index contributed by atoms with van der Waals surface area (Å²) in [5, 5.41) is 4.23. The lowest BCUT2D eigenvalue weighted by Crippen LogP contribution is -2.32. The van der Waals surface area contributed by atoms with Gasteiger partial charge in [-0.05, 0) is 67.9 Å². The van der Waals surface area contributed by atoms with Crippen LogP contribution >= 0.6 is 35.0 Å². The molecular weight excluding hydrogens is 451 g/mol. The van der Waals surface area contributed by atoms with Crippen LogP contribution in [0.4, 0.5) is 11.4 Å². The Labute approximate surface area is 194 Å². The second-order valence-corrected chi connectivity index (χ2v) is 9.06. The molecule has 1 aliphatic heterocycles. The summed E-state index contributed by atoms with van der Waals surface area (Å²) in [4.78, 5) is 29.0. The van der Waals surface area contributed by atoms with Gasteiger partial charge in [-0.15, -0.1) is 0 Å². The maximum Gasteiger partial charge on any atom is 0.283 e. The van der Waals surface area contributed by atoms with Gasteiger partial charge in [-0.2, -0.15) is 0 Å². The number of benzene rings is 3. The summed E-state index contributed by atoms with van der Waals surface area (Å²) < 4.78 is 0. The fourth-order valence-electron chi connectivity index (χ4n) is 3.07. The van der Waals surface area contributed by atoms with Crippen LogP contribution in [-0.2, 0) is 9.59 Å². The van der Waals surface area contributed by atoms with Crippen LogP contribution in [0.5, 0.6) is 0 Å². The Morgan fingerprint density at radius 1 is 0.839 bits per heavy atom. The lowest BCUT2D eigenvalue weighted by molar-refractivity contribution is -0.120. The molecule has 0 saturated heterocycles. The zero-order valence-electron chi connectivity index (χ0n) is 16.8. The highest BCUT2D eigenvalue weighted by atomic mass is 35.5. The molecule has 0 atom stereocenters. The molecule has 7 heteroatoms. The lowest BCUT2D eigenvalue weighted by Gasteiger charge is -2.16. The summed E-state index contributed by atoms with van der Waals surface area (Å²) in [6.45, 7) is 3.85. The van der Waals surface area contributed by atoms with Gasteiger partial charge in [0.1, 0.15) is 10.6 Å². The molecule has 0 bridgehead atoms. The van der Waals surface area contributed by atoms with Gasteiger partial charge in [0.05, 0.1) is 5.69 Å². The van der Waals surface area contributed by atoms with Crippen molar-refractivity contribution >= 4 is 58.2 Å². The van der Waals surface area contributed by atoms with E-state index in [9.17, 15) is 9.59 Å². The quantitative estimate of drug-likeness (QED) is 0.428. The number of halogens is 2. The molecule has 156 valence electrons. The summed E-state index contributed by atoms with van der Waals surface area (Å²) in [7, 11) is 0. The number of imide groups is 1. The molecule has 2 amide bonds. The number of rotatable bonds is 5. The maximum absolute atomic E-state index is 13.4. The van der Waals surface area contributed by atoms with E-state index in [1.54, 1.807) is 30.3 Å². The molecule has 31 heavy (non-hydrogen) atoms. The number of amides is 2. The minimum absolute atomic E-state index is 0.227. The molecule has 0 fully saturated rings. The van der Waals surface area contributed by atoms with Gasteiger partial charge in [-0.25, -0.2) is 4.90 Å². The highest BCUT2D eigenvalue weighted by molar-refractivity contribution is 8.04. The van der Waals surface area contributed by atoms with Crippen molar-refractivity contribution in [3.8, 4) is 0 Å². The lowest BCUT2D eigenvalue weighted by atomic mass is 10.2. The normalized spacial score (nSPS) is 13.9. The number of nitrogens with zero attached hydrogens (tertiary/aromatic N) is 1. The molecule has 0 spiro atoms. The SMILES string of the molecule is Cc1ccc(NC2=C(Sc3ccc(Cl)cc3)C(=O)N(c3ccc(C)c(Cl)c3)C2=O)cc1. The number of carbonyl (C=O) groups excluding carboxylic acids is 2. The zero-order chi connectivity index (χ0) is 22.1. The standard InChI is InChI=1S/C24H18Cl2N2O2S/c1-14-3-8-17(9-4-14)27-21-22(31-19-11-6-16(25)7-12-19)24(30)28(23(21)29)18-10-5-15(2)20(26)13-18/h3-13,27H,1-2H3. The van der Waals surface area contributed by atoms with Crippen LogP contribution in [0.1, 0.15) is 11.1 Å².